The number of aromatic amines is 1. The summed E-state index contributed by atoms with van der Waals surface area (Å²) in [5.74, 6) is 0.0831. The number of Topliss-reactive ketones (excluding diaryl/α,β-unsaturated/α-hetero) is 1. The van der Waals surface area contributed by atoms with Crippen LogP contribution in [0.4, 0.5) is 11.5 Å². The monoisotopic (exact) mass is 729 g/mol. The molecule has 53 heavy (non-hydrogen) atoms. The molecular weight excluding hydrogens is 665 g/mol. The maximum Gasteiger partial charge on any atom is 0.326 e. The summed E-state index contributed by atoms with van der Waals surface area (Å²) < 4.78 is 1.66. The molecule has 11 nitrogen and oxygen atoms in total. The van der Waals surface area contributed by atoms with Crippen molar-refractivity contribution < 1.29 is 9.59 Å². The molecule has 5 N–H and O–H groups in total. The highest BCUT2D eigenvalue weighted by atomic mass is 16.2. The highest BCUT2D eigenvalue weighted by molar-refractivity contribution is 6.07. The molecule has 4 aromatic rings. The van der Waals surface area contributed by atoms with Crippen LogP contribution in [0, 0.1) is 5.41 Å². The molecule has 0 saturated heterocycles. The topological polar surface area (TPSA) is 141 Å². The Balaban J connectivity index is 1.16. The standard InChI is InChI=1S/C42H64N8O3/c1-7-8-23-44-33-18-19-34-35(29-33)46-40(43)38-39(34)50(41(53)47-38)30-31-14-16-32(17-15-31)36(51)20-21-37(52)45-24-13-28-49(6)27-12-11-26-48(5)25-10-9-22-42(2,3)4/h14-19,29,44H,7-13,20-28,30H2,1-6H3,(H2,43,46)(H,45,52)(H,47,53). The van der Waals surface area contributed by atoms with Gasteiger partial charge in [-0.05, 0) is 108 Å². The SMILES string of the molecule is CCCCNc1ccc2c(c1)nc(N)c1[nH]c(=O)n(Cc3ccc(C(=O)CCC(=O)NCCCN(C)CCCCN(C)CCCCC(C)(C)C)cc3)c12. The molecule has 0 spiro atoms. The van der Waals surface area contributed by atoms with Crippen molar-refractivity contribution in [2.45, 2.75) is 98.4 Å². The van der Waals surface area contributed by atoms with Gasteiger partial charge in [0.1, 0.15) is 11.3 Å². The third-order valence-corrected chi connectivity index (χ3v) is 9.87. The average molecular weight is 729 g/mol. The lowest BCUT2D eigenvalue weighted by Gasteiger charge is -2.21. The van der Waals surface area contributed by atoms with E-state index in [1.54, 1.807) is 16.7 Å². The van der Waals surface area contributed by atoms with Gasteiger partial charge in [-0.2, -0.15) is 0 Å². The summed E-state index contributed by atoms with van der Waals surface area (Å²) in [6.45, 7) is 15.1. The quantitative estimate of drug-likeness (QED) is 0.0471. The maximum atomic E-state index is 13.1. The van der Waals surface area contributed by atoms with Gasteiger partial charge in [0.05, 0.1) is 17.6 Å². The van der Waals surface area contributed by atoms with Crippen LogP contribution in [0.5, 0.6) is 0 Å². The second-order valence-corrected chi connectivity index (χ2v) is 15.9. The summed E-state index contributed by atoms with van der Waals surface area (Å²) in [7, 11) is 4.36. The number of hydrogen-bond donors (Lipinski definition) is 4. The first-order chi connectivity index (χ1) is 25.3. The number of unbranched alkanes of at least 4 members (excludes halogenated alkanes) is 3. The molecule has 1 amide bonds. The number of rotatable bonds is 23. The molecule has 11 heteroatoms. The Morgan fingerprint density at radius 2 is 1.53 bits per heavy atom. The number of fused-ring (bicyclic) bond motifs is 3. The fraction of sp³-hybridized carbons (Fsp3) is 0.571. The van der Waals surface area contributed by atoms with Gasteiger partial charge in [0, 0.05) is 42.6 Å². The minimum atomic E-state index is -0.278. The summed E-state index contributed by atoms with van der Waals surface area (Å²) in [5, 5.41) is 7.22. The number of H-pyrrole nitrogens is 1. The van der Waals surface area contributed by atoms with Gasteiger partial charge in [-0.25, -0.2) is 9.78 Å². The van der Waals surface area contributed by atoms with E-state index >= 15 is 0 Å². The average Bonchev–Trinajstić information content (AvgIpc) is 3.45. The number of carbonyl (C=O) groups is 2. The molecule has 2 aromatic carbocycles. The van der Waals surface area contributed by atoms with E-state index in [2.05, 4.69) is 72.2 Å². The highest BCUT2D eigenvalue weighted by Gasteiger charge is 2.16. The van der Waals surface area contributed by atoms with Crippen LogP contribution in [0.2, 0.25) is 0 Å². The molecule has 0 unspecified atom stereocenters. The summed E-state index contributed by atoms with van der Waals surface area (Å²) in [6, 6.07) is 13.2. The highest BCUT2D eigenvalue weighted by Crippen LogP contribution is 2.28. The number of hydrogen-bond acceptors (Lipinski definition) is 8. The molecule has 0 aliphatic carbocycles. The molecule has 0 saturated carbocycles. The van der Waals surface area contributed by atoms with E-state index in [1.807, 2.05) is 30.3 Å². The lowest BCUT2D eigenvalue weighted by atomic mass is 9.90. The zero-order valence-electron chi connectivity index (χ0n) is 33.2. The van der Waals surface area contributed by atoms with Crippen molar-refractivity contribution in [1.29, 1.82) is 0 Å². The number of aromatic nitrogens is 3. The number of carbonyl (C=O) groups excluding carboxylic acids is 2. The van der Waals surface area contributed by atoms with Crippen LogP contribution >= 0.6 is 0 Å². The first-order valence-electron chi connectivity index (χ1n) is 19.7. The molecule has 0 fully saturated rings. The number of nitrogens with zero attached hydrogens (tertiary/aromatic N) is 4. The molecule has 0 aliphatic rings. The largest absolute Gasteiger partial charge is 0.385 e. The molecule has 2 heterocycles. The first-order valence-corrected chi connectivity index (χ1v) is 19.7. The Morgan fingerprint density at radius 1 is 0.868 bits per heavy atom. The normalized spacial score (nSPS) is 12.0. The molecule has 0 aliphatic heterocycles. The Labute approximate surface area is 316 Å². The van der Waals surface area contributed by atoms with Gasteiger partial charge in [0.25, 0.3) is 0 Å². The Kier molecular flexibility index (Phi) is 15.9. The molecule has 4 rings (SSSR count). The van der Waals surface area contributed by atoms with E-state index in [0.29, 0.717) is 40.6 Å². The lowest BCUT2D eigenvalue weighted by molar-refractivity contribution is -0.121. The van der Waals surface area contributed by atoms with Gasteiger partial charge in [-0.15, -0.1) is 0 Å². The van der Waals surface area contributed by atoms with Crippen LogP contribution in [0.1, 0.15) is 108 Å². The number of anilines is 2. The summed E-state index contributed by atoms with van der Waals surface area (Å²) in [5.41, 5.74) is 10.7. The van der Waals surface area contributed by atoms with Crippen molar-refractivity contribution in [3.63, 3.8) is 0 Å². The van der Waals surface area contributed by atoms with E-state index in [4.69, 9.17) is 5.73 Å². The first kappa shape index (κ1) is 41.5. The van der Waals surface area contributed by atoms with Crippen molar-refractivity contribution in [2.24, 2.45) is 5.41 Å². The van der Waals surface area contributed by atoms with Crippen LogP contribution < -0.4 is 22.1 Å². The van der Waals surface area contributed by atoms with E-state index in [-0.39, 0.29) is 36.0 Å². The van der Waals surface area contributed by atoms with Crippen LogP contribution in [0.25, 0.3) is 21.9 Å². The third-order valence-electron chi connectivity index (χ3n) is 9.87. The fourth-order valence-corrected chi connectivity index (χ4v) is 6.66. The minimum absolute atomic E-state index is 0.0839. The molecular formula is C42H64N8O3. The lowest BCUT2D eigenvalue weighted by Crippen LogP contribution is -2.29. The van der Waals surface area contributed by atoms with E-state index in [9.17, 15) is 14.4 Å². The molecule has 0 radical (unpaired) electrons. The van der Waals surface area contributed by atoms with Gasteiger partial charge in [0.15, 0.2) is 5.78 Å². The Bertz CT molecular complexity index is 1820. The van der Waals surface area contributed by atoms with E-state index in [0.717, 1.165) is 62.1 Å². The summed E-state index contributed by atoms with van der Waals surface area (Å²) >= 11 is 0. The maximum absolute atomic E-state index is 13.1. The van der Waals surface area contributed by atoms with E-state index < -0.39 is 0 Å². The molecule has 2 aromatic heterocycles. The molecule has 290 valence electrons. The smallest absolute Gasteiger partial charge is 0.326 e. The summed E-state index contributed by atoms with van der Waals surface area (Å²) in [6.07, 6.45) is 9.56. The number of nitrogens with two attached hydrogens (primary N) is 1. The predicted molar refractivity (Wildman–Crippen MR) is 220 cm³/mol. The molecule has 0 bridgehead atoms. The Hall–Kier alpha value is -4.22. The van der Waals surface area contributed by atoms with Crippen molar-refractivity contribution >= 4 is 45.1 Å². The number of amides is 1. The van der Waals surface area contributed by atoms with Gasteiger partial charge < -0.3 is 31.2 Å². The van der Waals surface area contributed by atoms with Crippen molar-refractivity contribution in [2.75, 3.05) is 64.4 Å². The fourth-order valence-electron chi connectivity index (χ4n) is 6.66. The number of benzene rings is 2. The minimum Gasteiger partial charge on any atom is -0.385 e. The Morgan fingerprint density at radius 3 is 2.19 bits per heavy atom. The zero-order valence-corrected chi connectivity index (χ0v) is 33.2. The van der Waals surface area contributed by atoms with Gasteiger partial charge in [-0.3, -0.25) is 14.2 Å². The van der Waals surface area contributed by atoms with Gasteiger partial charge >= 0.3 is 5.69 Å². The van der Waals surface area contributed by atoms with Crippen LogP contribution in [-0.4, -0.2) is 89.4 Å². The summed E-state index contributed by atoms with van der Waals surface area (Å²) in [4.78, 5) is 50.7. The van der Waals surface area contributed by atoms with Crippen molar-refractivity contribution in [3.05, 3.63) is 64.1 Å². The van der Waals surface area contributed by atoms with Crippen LogP contribution in [-0.2, 0) is 11.3 Å². The van der Waals surface area contributed by atoms with Gasteiger partial charge in [0.2, 0.25) is 5.91 Å². The number of ketones is 1. The number of pyridine rings is 1. The van der Waals surface area contributed by atoms with Crippen molar-refractivity contribution in [1.82, 2.24) is 29.7 Å². The number of nitrogen functional groups attached to an aromatic ring is 1. The van der Waals surface area contributed by atoms with E-state index in [1.165, 1.54) is 38.6 Å². The molecule has 0 atom stereocenters. The second kappa shape index (κ2) is 20.3. The second-order valence-electron chi connectivity index (χ2n) is 15.9. The zero-order chi connectivity index (χ0) is 38.4. The number of nitrogens with one attached hydrogen (secondary N) is 3. The predicted octanol–water partition coefficient (Wildman–Crippen LogP) is 7.05. The third kappa shape index (κ3) is 13.3. The van der Waals surface area contributed by atoms with Crippen LogP contribution in [0.3, 0.4) is 0 Å². The van der Waals surface area contributed by atoms with Gasteiger partial charge in [-0.1, -0.05) is 64.8 Å². The van der Waals surface area contributed by atoms with Crippen LogP contribution in [0.15, 0.2) is 47.3 Å². The number of imidazole rings is 1. The van der Waals surface area contributed by atoms with Crippen molar-refractivity contribution in [3.8, 4) is 0 Å².